The maximum atomic E-state index is 14.7. The lowest BCUT2D eigenvalue weighted by molar-refractivity contribution is -0.181. The van der Waals surface area contributed by atoms with E-state index in [4.69, 9.17) is 4.74 Å². The number of amides is 1. The molecule has 3 rings (SSSR count). The number of alkyl halides is 3. The average molecular weight is 476 g/mol. The number of nitrogens with one attached hydrogen (secondary N) is 1. The van der Waals surface area contributed by atoms with Gasteiger partial charge < -0.3 is 10.1 Å². The molecule has 0 radical (unpaired) electrons. The quantitative estimate of drug-likeness (QED) is 0.535. The van der Waals surface area contributed by atoms with Crippen LogP contribution in [0, 0.1) is 5.82 Å². The molecule has 0 aliphatic heterocycles. The van der Waals surface area contributed by atoms with Crippen LogP contribution in [0.4, 0.5) is 23.2 Å². The number of anilines is 1. The summed E-state index contributed by atoms with van der Waals surface area (Å²) >= 11 is 0. The van der Waals surface area contributed by atoms with Crippen LogP contribution in [0.1, 0.15) is 44.0 Å². The Kier molecular flexibility index (Phi) is 7.24. The molecule has 1 aromatic carbocycles. The Morgan fingerprint density at radius 3 is 2.50 bits per heavy atom. The third-order valence-corrected chi connectivity index (χ3v) is 5.48. The number of nitrogens with zero attached hydrogens (tertiary/aromatic N) is 1. The van der Waals surface area contributed by atoms with Crippen LogP contribution in [0.25, 0.3) is 5.57 Å². The summed E-state index contributed by atoms with van der Waals surface area (Å²) in [7, 11) is 0. The third-order valence-electron chi connectivity index (χ3n) is 5.48. The number of benzene rings is 1. The van der Waals surface area contributed by atoms with Gasteiger partial charge >= 0.3 is 6.18 Å². The molecule has 1 aliphatic carbocycles. The molecule has 1 aromatic heterocycles. The topological polar surface area (TPSA) is 68.3 Å². The summed E-state index contributed by atoms with van der Waals surface area (Å²) in [5.41, 5.74) is -0.867. The second-order valence-electron chi connectivity index (χ2n) is 8.32. The number of carbonyl (C=O) groups is 2. The van der Waals surface area contributed by atoms with Crippen molar-refractivity contribution in [3.8, 4) is 0 Å². The van der Waals surface area contributed by atoms with Crippen LogP contribution in [-0.2, 0) is 26.2 Å². The zero-order valence-electron chi connectivity index (χ0n) is 18.9. The number of ketones is 1. The van der Waals surface area contributed by atoms with Gasteiger partial charge in [-0.1, -0.05) is 18.2 Å². The van der Waals surface area contributed by atoms with E-state index in [0.717, 1.165) is 20.0 Å². The number of carbonyl (C=O) groups excluding carboxylic acids is 2. The van der Waals surface area contributed by atoms with Crippen LogP contribution in [0.3, 0.4) is 0 Å². The Hall–Kier alpha value is -3.49. The molecular weight excluding hydrogens is 452 g/mol. The van der Waals surface area contributed by atoms with E-state index in [2.05, 4.69) is 10.3 Å². The molecule has 1 N–H and O–H groups in total. The Balaban J connectivity index is 1.69. The zero-order chi connectivity index (χ0) is 25.1. The Labute approximate surface area is 194 Å². The van der Waals surface area contributed by atoms with E-state index in [-0.39, 0.29) is 35.6 Å². The molecule has 0 fully saturated rings. The minimum absolute atomic E-state index is 0.106. The summed E-state index contributed by atoms with van der Waals surface area (Å²) in [6.07, 6.45) is -0.383. The van der Waals surface area contributed by atoms with Crippen molar-refractivity contribution >= 4 is 23.0 Å². The molecule has 5 nitrogen and oxygen atoms in total. The highest BCUT2D eigenvalue weighted by Crippen LogP contribution is 2.39. The smallest absolute Gasteiger partial charge is 0.399 e. The van der Waals surface area contributed by atoms with Crippen molar-refractivity contribution in [3.63, 3.8) is 0 Å². The van der Waals surface area contributed by atoms with Crippen molar-refractivity contribution in [1.29, 1.82) is 0 Å². The molecule has 180 valence electrons. The molecule has 0 spiro atoms. The van der Waals surface area contributed by atoms with E-state index >= 15 is 0 Å². The number of hydrogen-bond acceptors (Lipinski definition) is 4. The van der Waals surface area contributed by atoms with Gasteiger partial charge in [0.2, 0.25) is 5.91 Å². The predicted octanol–water partition coefficient (Wildman–Crippen LogP) is 5.52. The van der Waals surface area contributed by atoms with Gasteiger partial charge in [0.25, 0.3) is 0 Å². The highest BCUT2D eigenvalue weighted by atomic mass is 19.4. The Morgan fingerprint density at radius 2 is 1.91 bits per heavy atom. The molecule has 0 unspecified atom stereocenters. The largest absolute Gasteiger partial charge is 0.493 e. The Morgan fingerprint density at radius 1 is 1.18 bits per heavy atom. The first-order chi connectivity index (χ1) is 15.9. The molecule has 0 bridgehead atoms. The molecule has 0 saturated carbocycles. The van der Waals surface area contributed by atoms with E-state index < -0.39 is 23.3 Å². The SMILES string of the molecule is CCOC1=CC(=O)CC=C1c1ccc(CC(=O)Nc2ccc(C(C)(C)C(F)(F)F)nc2)c(F)c1. The summed E-state index contributed by atoms with van der Waals surface area (Å²) in [6, 6.07) is 6.90. The van der Waals surface area contributed by atoms with Crippen molar-refractivity contribution in [3.05, 3.63) is 77.1 Å². The van der Waals surface area contributed by atoms with Crippen molar-refractivity contribution < 1.29 is 31.9 Å². The van der Waals surface area contributed by atoms with Gasteiger partial charge in [-0.25, -0.2) is 4.39 Å². The Bertz CT molecular complexity index is 1150. The first-order valence-electron chi connectivity index (χ1n) is 10.6. The lowest BCUT2D eigenvalue weighted by Gasteiger charge is -2.27. The van der Waals surface area contributed by atoms with Crippen molar-refractivity contribution in [2.24, 2.45) is 0 Å². The van der Waals surface area contributed by atoms with E-state index in [1.165, 1.54) is 30.3 Å². The van der Waals surface area contributed by atoms with Gasteiger partial charge in [0, 0.05) is 18.1 Å². The van der Waals surface area contributed by atoms with E-state index in [0.29, 0.717) is 23.5 Å². The number of ether oxygens (including phenoxy) is 1. The van der Waals surface area contributed by atoms with E-state index in [9.17, 15) is 27.2 Å². The van der Waals surface area contributed by atoms with Crippen LogP contribution in [0.2, 0.25) is 0 Å². The van der Waals surface area contributed by atoms with E-state index in [1.54, 1.807) is 19.1 Å². The van der Waals surface area contributed by atoms with Crippen LogP contribution >= 0.6 is 0 Å². The minimum atomic E-state index is -4.48. The maximum absolute atomic E-state index is 14.7. The second kappa shape index (κ2) is 9.79. The average Bonchev–Trinajstić information content (AvgIpc) is 2.75. The highest BCUT2D eigenvalue weighted by molar-refractivity contribution is 5.99. The molecule has 0 saturated heterocycles. The van der Waals surface area contributed by atoms with Crippen molar-refractivity contribution in [1.82, 2.24) is 4.98 Å². The molecule has 34 heavy (non-hydrogen) atoms. The molecule has 1 aliphatic rings. The van der Waals surface area contributed by atoms with Gasteiger partial charge in [0.15, 0.2) is 5.78 Å². The van der Waals surface area contributed by atoms with Gasteiger partial charge in [-0.3, -0.25) is 14.6 Å². The number of pyridine rings is 1. The zero-order valence-corrected chi connectivity index (χ0v) is 18.9. The van der Waals surface area contributed by atoms with Gasteiger partial charge in [-0.15, -0.1) is 0 Å². The molecule has 2 aromatic rings. The highest BCUT2D eigenvalue weighted by Gasteiger charge is 2.49. The standard InChI is InChI=1S/C25H24F4N2O3/c1-4-34-21-13-18(32)8-9-19(21)15-5-6-16(20(26)11-15)12-23(33)31-17-7-10-22(30-14-17)24(2,3)25(27,28)29/h5-7,9-11,13-14H,4,8,12H2,1-3H3,(H,31,33). The van der Waals surface area contributed by atoms with Crippen LogP contribution in [0.15, 0.2) is 54.4 Å². The summed E-state index contributed by atoms with van der Waals surface area (Å²) in [6.45, 7) is 4.17. The molecular formula is C25H24F4N2O3. The second-order valence-corrected chi connectivity index (χ2v) is 8.32. The first kappa shape index (κ1) is 25.1. The molecule has 1 amide bonds. The summed E-state index contributed by atoms with van der Waals surface area (Å²) in [4.78, 5) is 27.9. The van der Waals surface area contributed by atoms with Crippen LogP contribution < -0.4 is 5.32 Å². The van der Waals surface area contributed by atoms with Crippen LogP contribution in [-0.4, -0.2) is 29.5 Å². The lowest BCUT2D eigenvalue weighted by atomic mass is 9.88. The fourth-order valence-corrected chi connectivity index (χ4v) is 3.34. The van der Waals surface area contributed by atoms with Gasteiger partial charge in [0.1, 0.15) is 17.0 Å². The number of hydrogen-bond donors (Lipinski definition) is 1. The van der Waals surface area contributed by atoms with Gasteiger partial charge in [-0.05, 0) is 50.1 Å². The fourth-order valence-electron chi connectivity index (χ4n) is 3.34. The minimum Gasteiger partial charge on any atom is -0.493 e. The third kappa shape index (κ3) is 5.52. The predicted molar refractivity (Wildman–Crippen MR) is 119 cm³/mol. The number of allylic oxidation sites excluding steroid dienone is 3. The number of aromatic nitrogens is 1. The first-order valence-corrected chi connectivity index (χ1v) is 10.6. The fraction of sp³-hybridized carbons (Fsp3) is 0.320. The normalized spacial score (nSPS) is 14.4. The summed E-state index contributed by atoms with van der Waals surface area (Å²) < 4.78 is 59.7. The number of halogens is 4. The number of rotatable bonds is 7. The summed E-state index contributed by atoms with van der Waals surface area (Å²) in [5.74, 6) is -0.894. The van der Waals surface area contributed by atoms with Crippen molar-refractivity contribution in [2.45, 2.75) is 45.2 Å². The van der Waals surface area contributed by atoms with E-state index in [1.807, 2.05) is 0 Å². The van der Waals surface area contributed by atoms with Crippen LogP contribution in [0.5, 0.6) is 0 Å². The molecule has 0 atom stereocenters. The monoisotopic (exact) mass is 476 g/mol. The van der Waals surface area contributed by atoms with Gasteiger partial charge in [-0.2, -0.15) is 13.2 Å². The van der Waals surface area contributed by atoms with Gasteiger partial charge in [0.05, 0.1) is 30.6 Å². The maximum Gasteiger partial charge on any atom is 0.399 e. The lowest BCUT2D eigenvalue weighted by Crippen LogP contribution is -2.37. The molecule has 1 heterocycles. The summed E-state index contributed by atoms with van der Waals surface area (Å²) in [5, 5.41) is 2.51. The molecule has 9 heteroatoms. The van der Waals surface area contributed by atoms with Crippen molar-refractivity contribution in [2.75, 3.05) is 11.9 Å².